The molecule has 6 heteroatoms. The average molecular weight is 424 g/mol. The lowest BCUT2D eigenvalue weighted by Crippen LogP contribution is -2.30. The van der Waals surface area contributed by atoms with Gasteiger partial charge >= 0.3 is 5.97 Å². The third-order valence-corrected chi connectivity index (χ3v) is 5.86. The zero-order valence-corrected chi connectivity index (χ0v) is 19.0. The van der Waals surface area contributed by atoms with Crippen LogP contribution in [-0.4, -0.2) is 31.8 Å². The van der Waals surface area contributed by atoms with Gasteiger partial charge in [0.2, 0.25) is 0 Å². The van der Waals surface area contributed by atoms with E-state index in [0.29, 0.717) is 12.2 Å². The van der Waals surface area contributed by atoms with Crippen molar-refractivity contribution >= 4 is 28.6 Å². The monoisotopic (exact) mass is 423 g/mol. The zero-order valence-electron chi connectivity index (χ0n) is 18.2. The number of aryl methyl sites for hydroxylation is 1. The summed E-state index contributed by atoms with van der Waals surface area (Å²) in [6.45, 7) is 6.16. The van der Waals surface area contributed by atoms with Crippen LogP contribution >= 0.6 is 11.8 Å². The first-order valence-corrected chi connectivity index (χ1v) is 11.1. The Hall–Kier alpha value is -2.73. The number of esters is 1. The van der Waals surface area contributed by atoms with Crippen molar-refractivity contribution in [3.63, 3.8) is 0 Å². The van der Waals surface area contributed by atoms with Crippen LogP contribution in [0, 0.1) is 6.92 Å². The van der Waals surface area contributed by atoms with E-state index in [-0.39, 0.29) is 12.0 Å². The standard InChI is InChI=1S/C24H29N3O2S/c1-6-29-23(28)21-17(3)25-24(30-15-18-9-7-8-16(2)14-18)26-22(21)19-10-12-20(13-11-19)27(4)5/h7-14,22H,6,15H2,1-5H3,(H,25,26)/t22-/m0/s1. The van der Waals surface area contributed by atoms with Gasteiger partial charge in [0.25, 0.3) is 0 Å². The lowest BCUT2D eigenvalue weighted by Gasteiger charge is -2.26. The number of nitrogens with zero attached hydrogens (tertiary/aromatic N) is 2. The van der Waals surface area contributed by atoms with Gasteiger partial charge in [-0.15, -0.1) is 0 Å². The lowest BCUT2D eigenvalue weighted by atomic mass is 9.96. The number of aliphatic imine (C=N–C) groups is 1. The Morgan fingerprint density at radius 2 is 1.90 bits per heavy atom. The number of nitrogens with one attached hydrogen (secondary N) is 1. The molecule has 1 heterocycles. The molecule has 0 spiro atoms. The van der Waals surface area contributed by atoms with Crippen LogP contribution in [0.25, 0.3) is 0 Å². The number of rotatable bonds is 6. The SMILES string of the molecule is CCOC(=O)C1=C(C)NC(SCc2cccc(C)c2)=N[C@H]1c1ccc(N(C)C)cc1. The topological polar surface area (TPSA) is 53.9 Å². The van der Waals surface area contributed by atoms with E-state index >= 15 is 0 Å². The highest BCUT2D eigenvalue weighted by Gasteiger charge is 2.30. The van der Waals surface area contributed by atoms with Crippen LogP contribution in [0.5, 0.6) is 0 Å². The molecule has 0 bridgehead atoms. The summed E-state index contributed by atoms with van der Waals surface area (Å²) in [5.74, 6) is 0.484. The minimum absolute atomic E-state index is 0.323. The third kappa shape index (κ3) is 5.25. The fourth-order valence-electron chi connectivity index (χ4n) is 3.34. The molecule has 1 aliphatic heterocycles. The number of carbonyl (C=O) groups excluding carboxylic acids is 1. The van der Waals surface area contributed by atoms with E-state index < -0.39 is 0 Å². The molecule has 0 saturated carbocycles. The number of ether oxygens (including phenoxy) is 1. The van der Waals surface area contributed by atoms with Gasteiger partial charge in [0.15, 0.2) is 5.17 Å². The maximum Gasteiger partial charge on any atom is 0.338 e. The Balaban J connectivity index is 1.89. The molecule has 158 valence electrons. The first-order chi connectivity index (χ1) is 14.4. The van der Waals surface area contributed by atoms with Crippen molar-refractivity contribution in [1.82, 2.24) is 5.32 Å². The summed E-state index contributed by atoms with van der Waals surface area (Å²) in [5, 5.41) is 4.11. The van der Waals surface area contributed by atoms with Gasteiger partial charge < -0.3 is 15.0 Å². The molecular formula is C24H29N3O2S. The summed E-state index contributed by atoms with van der Waals surface area (Å²) in [6, 6.07) is 16.2. The highest BCUT2D eigenvalue weighted by atomic mass is 32.2. The van der Waals surface area contributed by atoms with Gasteiger partial charge in [-0.1, -0.05) is 53.7 Å². The molecule has 1 atom stereocenters. The van der Waals surface area contributed by atoms with Crippen molar-refractivity contribution in [3.05, 3.63) is 76.5 Å². The molecule has 2 aromatic carbocycles. The van der Waals surface area contributed by atoms with Gasteiger partial charge in [0, 0.05) is 31.2 Å². The highest BCUT2D eigenvalue weighted by molar-refractivity contribution is 8.13. The van der Waals surface area contributed by atoms with Crippen LogP contribution in [0.4, 0.5) is 5.69 Å². The predicted octanol–water partition coefficient (Wildman–Crippen LogP) is 4.83. The van der Waals surface area contributed by atoms with Crippen molar-refractivity contribution in [2.24, 2.45) is 4.99 Å². The molecule has 0 aromatic heterocycles. The summed E-state index contributed by atoms with van der Waals surface area (Å²) in [6.07, 6.45) is 0. The van der Waals surface area contributed by atoms with E-state index in [2.05, 4.69) is 36.5 Å². The smallest absolute Gasteiger partial charge is 0.338 e. The van der Waals surface area contributed by atoms with Crippen molar-refractivity contribution in [1.29, 1.82) is 0 Å². The Morgan fingerprint density at radius 1 is 1.17 bits per heavy atom. The van der Waals surface area contributed by atoms with E-state index in [1.54, 1.807) is 11.8 Å². The minimum atomic E-state index is -0.387. The van der Waals surface area contributed by atoms with Gasteiger partial charge in [-0.25, -0.2) is 9.79 Å². The fraction of sp³-hybridized carbons (Fsp3) is 0.333. The van der Waals surface area contributed by atoms with E-state index in [4.69, 9.17) is 9.73 Å². The van der Waals surface area contributed by atoms with Crippen molar-refractivity contribution < 1.29 is 9.53 Å². The van der Waals surface area contributed by atoms with Crippen molar-refractivity contribution in [3.8, 4) is 0 Å². The van der Waals surface area contributed by atoms with Crippen LogP contribution in [0.1, 0.15) is 36.6 Å². The van der Waals surface area contributed by atoms with Crippen molar-refractivity contribution in [2.75, 3.05) is 25.6 Å². The molecule has 5 nitrogen and oxygen atoms in total. The Bertz CT molecular complexity index is 965. The van der Waals surface area contributed by atoms with Gasteiger partial charge in [0.1, 0.15) is 6.04 Å². The van der Waals surface area contributed by atoms with Crippen LogP contribution in [0.2, 0.25) is 0 Å². The quantitative estimate of drug-likeness (QED) is 0.675. The number of hydrogen-bond acceptors (Lipinski definition) is 6. The number of allylic oxidation sites excluding steroid dienone is 1. The third-order valence-electron chi connectivity index (χ3n) is 4.90. The average Bonchev–Trinajstić information content (AvgIpc) is 2.72. The second kappa shape index (κ2) is 9.85. The van der Waals surface area contributed by atoms with Gasteiger partial charge in [-0.2, -0.15) is 0 Å². The summed E-state index contributed by atoms with van der Waals surface area (Å²) in [7, 11) is 4.01. The van der Waals surface area contributed by atoms with Crippen molar-refractivity contribution in [2.45, 2.75) is 32.6 Å². The van der Waals surface area contributed by atoms with E-state index in [9.17, 15) is 4.79 Å². The Labute approximate surface area is 183 Å². The second-order valence-electron chi connectivity index (χ2n) is 7.48. The van der Waals surface area contributed by atoms with Crippen LogP contribution in [0.15, 0.2) is 64.8 Å². The molecule has 0 amide bonds. The number of hydrogen-bond donors (Lipinski definition) is 1. The molecular weight excluding hydrogens is 394 g/mol. The first kappa shape index (κ1) is 22.0. The maximum atomic E-state index is 12.7. The molecule has 0 saturated heterocycles. The molecule has 0 aliphatic carbocycles. The molecule has 2 aromatic rings. The second-order valence-corrected chi connectivity index (χ2v) is 8.45. The molecule has 30 heavy (non-hydrogen) atoms. The van der Waals surface area contributed by atoms with Crippen LogP contribution in [-0.2, 0) is 15.3 Å². The number of anilines is 1. The largest absolute Gasteiger partial charge is 0.463 e. The molecule has 3 rings (SSSR count). The normalized spacial score (nSPS) is 16.0. The highest BCUT2D eigenvalue weighted by Crippen LogP contribution is 2.34. The Kier molecular flexibility index (Phi) is 7.21. The Morgan fingerprint density at radius 3 is 2.53 bits per heavy atom. The minimum Gasteiger partial charge on any atom is -0.463 e. The maximum absolute atomic E-state index is 12.7. The van der Waals surface area contributed by atoms with Crippen LogP contribution in [0.3, 0.4) is 0 Å². The van der Waals surface area contributed by atoms with Crippen LogP contribution < -0.4 is 10.2 Å². The number of amidine groups is 1. The van der Waals surface area contributed by atoms with E-state index in [0.717, 1.165) is 27.9 Å². The van der Waals surface area contributed by atoms with E-state index in [1.165, 1.54) is 11.1 Å². The lowest BCUT2D eigenvalue weighted by molar-refractivity contribution is -0.138. The summed E-state index contributed by atoms with van der Waals surface area (Å²) in [5.41, 5.74) is 5.91. The molecule has 0 radical (unpaired) electrons. The summed E-state index contributed by atoms with van der Waals surface area (Å²) >= 11 is 1.64. The summed E-state index contributed by atoms with van der Waals surface area (Å²) in [4.78, 5) is 19.6. The molecule has 0 fully saturated rings. The van der Waals surface area contributed by atoms with Gasteiger partial charge in [-0.3, -0.25) is 0 Å². The van der Waals surface area contributed by atoms with E-state index in [1.807, 2.05) is 57.1 Å². The summed E-state index contributed by atoms with van der Waals surface area (Å²) < 4.78 is 5.32. The first-order valence-electron chi connectivity index (χ1n) is 10.1. The number of carbonyl (C=O) groups is 1. The molecule has 1 N–H and O–H groups in total. The van der Waals surface area contributed by atoms with Gasteiger partial charge in [-0.05, 0) is 44.0 Å². The number of benzene rings is 2. The number of thioether (sulfide) groups is 1. The van der Waals surface area contributed by atoms with Gasteiger partial charge in [0.05, 0.1) is 12.2 Å². The fourth-order valence-corrected chi connectivity index (χ4v) is 4.23. The predicted molar refractivity (Wildman–Crippen MR) is 126 cm³/mol. The molecule has 1 aliphatic rings. The zero-order chi connectivity index (χ0) is 21.7. The molecule has 0 unspecified atom stereocenters.